The topological polar surface area (TPSA) is 55.4 Å². The van der Waals surface area contributed by atoms with E-state index in [4.69, 9.17) is 4.74 Å². The molecule has 0 bridgehead atoms. The third-order valence-electron chi connectivity index (χ3n) is 4.05. The first-order valence-corrected chi connectivity index (χ1v) is 11.0. The molecule has 0 amide bonds. The molecule has 24 heavy (non-hydrogen) atoms. The minimum Gasteiger partial charge on any atom is -0.381 e. The minimum absolute atomic E-state index is 0.168. The van der Waals surface area contributed by atoms with Crippen LogP contribution in [0.1, 0.15) is 17.7 Å². The minimum atomic E-state index is -3.45. The zero-order chi connectivity index (χ0) is 17.0. The number of ether oxygens (including phenoxy) is 1. The summed E-state index contributed by atoms with van der Waals surface area (Å²) in [7, 11) is -3.45. The molecular formula is C17H21NO3S3. The largest absolute Gasteiger partial charge is 0.381 e. The van der Waals surface area contributed by atoms with Gasteiger partial charge in [-0.25, -0.2) is 13.1 Å². The maximum atomic E-state index is 12.5. The molecule has 130 valence electrons. The Balaban J connectivity index is 1.75. The van der Waals surface area contributed by atoms with Gasteiger partial charge in [0.1, 0.15) is 4.21 Å². The molecule has 1 aromatic carbocycles. The Morgan fingerprint density at radius 3 is 2.50 bits per heavy atom. The van der Waals surface area contributed by atoms with Gasteiger partial charge in [-0.15, -0.1) is 23.1 Å². The predicted molar refractivity (Wildman–Crippen MR) is 99.3 cm³/mol. The average molecular weight is 384 g/mol. The molecule has 1 fully saturated rings. The molecule has 2 heterocycles. The van der Waals surface area contributed by atoms with Crippen LogP contribution in [-0.2, 0) is 14.8 Å². The van der Waals surface area contributed by atoms with E-state index >= 15 is 0 Å². The van der Waals surface area contributed by atoms with Crippen molar-refractivity contribution in [2.24, 2.45) is 0 Å². The summed E-state index contributed by atoms with van der Waals surface area (Å²) in [6.07, 6.45) is 1.66. The summed E-state index contributed by atoms with van der Waals surface area (Å²) >= 11 is 3.05. The van der Waals surface area contributed by atoms with Crippen molar-refractivity contribution in [3.8, 4) is 0 Å². The van der Waals surface area contributed by atoms with Gasteiger partial charge in [-0.3, -0.25) is 0 Å². The zero-order valence-corrected chi connectivity index (χ0v) is 16.0. The fraction of sp³-hybridized carbons (Fsp3) is 0.412. The predicted octanol–water partition coefficient (Wildman–Crippen LogP) is 3.68. The van der Waals surface area contributed by atoms with E-state index in [-0.39, 0.29) is 4.75 Å². The maximum absolute atomic E-state index is 12.5. The second kappa shape index (κ2) is 7.58. The molecule has 1 aliphatic rings. The number of hydrogen-bond acceptors (Lipinski definition) is 5. The SMILES string of the molecule is Cc1ccc(S(=O)(=O)NCC2(Sc3ccccc3)CCOCC2)s1. The lowest BCUT2D eigenvalue weighted by atomic mass is 9.99. The zero-order valence-electron chi connectivity index (χ0n) is 13.5. The lowest BCUT2D eigenvalue weighted by molar-refractivity contribution is 0.0784. The Morgan fingerprint density at radius 2 is 1.88 bits per heavy atom. The normalized spacial score (nSPS) is 17.7. The number of thioether (sulfide) groups is 1. The van der Waals surface area contributed by atoms with Crippen molar-refractivity contribution in [3.63, 3.8) is 0 Å². The van der Waals surface area contributed by atoms with Crippen LogP contribution in [0, 0.1) is 6.92 Å². The molecule has 1 aliphatic heterocycles. The van der Waals surface area contributed by atoms with Gasteiger partial charge in [0.25, 0.3) is 0 Å². The standard InChI is InChI=1S/C17H21NO3S3/c1-14-7-8-16(22-14)24(19,20)18-13-17(9-11-21-12-10-17)23-15-5-3-2-4-6-15/h2-8,18H,9-13H2,1H3. The Morgan fingerprint density at radius 1 is 1.17 bits per heavy atom. The first kappa shape index (κ1) is 17.9. The number of thiophene rings is 1. The van der Waals surface area contributed by atoms with Crippen molar-refractivity contribution < 1.29 is 13.2 Å². The maximum Gasteiger partial charge on any atom is 0.250 e. The molecule has 1 saturated heterocycles. The molecule has 0 atom stereocenters. The molecule has 4 nitrogen and oxygen atoms in total. The van der Waals surface area contributed by atoms with E-state index in [1.807, 2.05) is 31.2 Å². The van der Waals surface area contributed by atoms with Crippen LogP contribution in [0.15, 0.2) is 51.6 Å². The van der Waals surface area contributed by atoms with Gasteiger partial charge < -0.3 is 4.74 Å². The van der Waals surface area contributed by atoms with Crippen LogP contribution >= 0.6 is 23.1 Å². The van der Waals surface area contributed by atoms with Gasteiger partial charge in [0.05, 0.1) is 0 Å². The molecule has 0 spiro atoms. The molecule has 0 saturated carbocycles. The van der Waals surface area contributed by atoms with Crippen LogP contribution in [-0.4, -0.2) is 32.9 Å². The second-order valence-corrected chi connectivity index (χ2v) is 10.7. The first-order valence-electron chi connectivity index (χ1n) is 7.87. The van der Waals surface area contributed by atoms with E-state index < -0.39 is 10.0 Å². The smallest absolute Gasteiger partial charge is 0.250 e. The fourth-order valence-electron chi connectivity index (χ4n) is 2.65. The molecule has 0 radical (unpaired) electrons. The first-order chi connectivity index (χ1) is 11.5. The number of sulfonamides is 1. The van der Waals surface area contributed by atoms with E-state index in [1.54, 1.807) is 17.8 Å². The van der Waals surface area contributed by atoms with Crippen LogP contribution in [0.3, 0.4) is 0 Å². The molecule has 0 aliphatic carbocycles. The summed E-state index contributed by atoms with van der Waals surface area (Å²) in [5.41, 5.74) is 0. The monoisotopic (exact) mass is 383 g/mol. The van der Waals surface area contributed by atoms with E-state index in [0.717, 1.165) is 22.6 Å². The second-order valence-electron chi connectivity index (χ2n) is 5.90. The van der Waals surface area contributed by atoms with Crippen LogP contribution in [0.4, 0.5) is 0 Å². The van der Waals surface area contributed by atoms with Gasteiger partial charge in [0.15, 0.2) is 0 Å². The Bertz CT molecular complexity index is 765. The molecule has 0 unspecified atom stereocenters. The third kappa shape index (κ3) is 4.40. The third-order valence-corrected chi connectivity index (χ3v) is 8.43. The van der Waals surface area contributed by atoms with Crippen molar-refractivity contribution >= 4 is 33.1 Å². The number of nitrogens with one attached hydrogen (secondary N) is 1. The van der Waals surface area contributed by atoms with Crippen LogP contribution in [0.5, 0.6) is 0 Å². The highest BCUT2D eigenvalue weighted by Gasteiger charge is 2.35. The summed E-state index contributed by atoms with van der Waals surface area (Å²) in [6.45, 7) is 3.66. The van der Waals surface area contributed by atoms with Crippen molar-refractivity contribution in [2.75, 3.05) is 19.8 Å². The number of hydrogen-bond donors (Lipinski definition) is 1. The molecule has 1 aromatic heterocycles. The quantitative estimate of drug-likeness (QED) is 0.827. The fourth-order valence-corrected chi connectivity index (χ4v) is 6.51. The summed E-state index contributed by atoms with van der Waals surface area (Å²) < 4.78 is 33.6. The summed E-state index contributed by atoms with van der Waals surface area (Å²) in [6, 6.07) is 13.6. The van der Waals surface area contributed by atoms with E-state index in [1.165, 1.54) is 11.3 Å². The highest BCUT2D eigenvalue weighted by molar-refractivity contribution is 8.00. The van der Waals surface area contributed by atoms with Crippen LogP contribution in [0.2, 0.25) is 0 Å². The van der Waals surface area contributed by atoms with Crippen LogP contribution < -0.4 is 4.72 Å². The van der Waals surface area contributed by atoms with Crippen molar-refractivity contribution in [2.45, 2.75) is 33.6 Å². The molecule has 2 aromatic rings. The van der Waals surface area contributed by atoms with Crippen molar-refractivity contribution in [3.05, 3.63) is 47.3 Å². The van der Waals surface area contributed by atoms with E-state index in [0.29, 0.717) is 24.0 Å². The molecule has 1 N–H and O–H groups in total. The Kier molecular flexibility index (Phi) is 5.66. The van der Waals surface area contributed by atoms with Gasteiger partial charge in [-0.2, -0.15) is 0 Å². The van der Waals surface area contributed by atoms with E-state index in [2.05, 4.69) is 16.9 Å². The number of aryl methyl sites for hydroxylation is 1. The molecule has 3 rings (SSSR count). The van der Waals surface area contributed by atoms with E-state index in [9.17, 15) is 8.42 Å². The Hall–Kier alpha value is -0.860. The van der Waals surface area contributed by atoms with Crippen molar-refractivity contribution in [1.29, 1.82) is 0 Å². The van der Waals surface area contributed by atoms with Gasteiger partial charge in [-0.05, 0) is 44.0 Å². The number of benzene rings is 1. The summed E-state index contributed by atoms with van der Waals surface area (Å²) in [5, 5.41) is 0. The molecule has 7 heteroatoms. The van der Waals surface area contributed by atoms with Gasteiger partial charge in [0.2, 0.25) is 10.0 Å². The van der Waals surface area contributed by atoms with Gasteiger partial charge >= 0.3 is 0 Å². The van der Waals surface area contributed by atoms with Gasteiger partial charge in [-0.1, -0.05) is 18.2 Å². The summed E-state index contributed by atoms with van der Waals surface area (Å²) in [4.78, 5) is 2.15. The lowest BCUT2D eigenvalue weighted by Gasteiger charge is -2.36. The highest BCUT2D eigenvalue weighted by Crippen LogP contribution is 2.40. The Labute approximate surface area is 151 Å². The average Bonchev–Trinajstić information content (AvgIpc) is 3.03. The highest BCUT2D eigenvalue weighted by atomic mass is 32.2. The number of rotatable bonds is 6. The van der Waals surface area contributed by atoms with Crippen molar-refractivity contribution in [1.82, 2.24) is 4.72 Å². The lowest BCUT2D eigenvalue weighted by Crippen LogP contribution is -2.44. The van der Waals surface area contributed by atoms with Gasteiger partial charge in [0, 0.05) is 34.3 Å². The van der Waals surface area contributed by atoms with Crippen LogP contribution in [0.25, 0.3) is 0 Å². The molecular weight excluding hydrogens is 362 g/mol. The summed E-state index contributed by atoms with van der Waals surface area (Å²) in [5.74, 6) is 0.